The lowest BCUT2D eigenvalue weighted by molar-refractivity contribution is -0.161. The first-order valence-corrected chi connectivity index (χ1v) is 10.1. The largest absolute Gasteiger partial charge is 0.481 e. The summed E-state index contributed by atoms with van der Waals surface area (Å²) in [6.45, 7) is 11.3. The highest BCUT2D eigenvalue weighted by Crippen LogP contribution is 2.26. The molecular weight excluding hydrogens is 348 g/mol. The van der Waals surface area contributed by atoms with E-state index in [4.69, 9.17) is 14.6 Å². The third-order valence-corrected chi connectivity index (χ3v) is 5.25. The van der Waals surface area contributed by atoms with Gasteiger partial charge in [-0.3, -0.25) is 14.4 Å². The van der Waals surface area contributed by atoms with Gasteiger partial charge in [0.25, 0.3) is 0 Å². The van der Waals surface area contributed by atoms with Crippen molar-refractivity contribution in [1.29, 1.82) is 0 Å². The number of ether oxygens (including phenoxy) is 2. The highest BCUT2D eigenvalue weighted by atomic mass is 16.5. The average molecular weight is 387 g/mol. The third kappa shape index (κ3) is 10.4. The molecule has 0 atom stereocenters. The molecule has 1 aliphatic rings. The molecule has 1 fully saturated rings. The van der Waals surface area contributed by atoms with E-state index in [0.717, 1.165) is 19.3 Å². The molecule has 1 rings (SSSR count). The van der Waals surface area contributed by atoms with E-state index in [0.29, 0.717) is 6.42 Å². The van der Waals surface area contributed by atoms with Crippen LogP contribution in [-0.2, 0) is 23.9 Å². The summed E-state index contributed by atoms with van der Waals surface area (Å²) >= 11 is 0. The Morgan fingerprint density at radius 1 is 0.889 bits per heavy atom. The molecule has 0 aliphatic heterocycles. The van der Waals surface area contributed by atoms with Gasteiger partial charge in [0.2, 0.25) is 0 Å². The van der Waals surface area contributed by atoms with Gasteiger partial charge in [-0.25, -0.2) is 0 Å². The quantitative estimate of drug-likeness (QED) is 0.606. The molecule has 6 heteroatoms. The predicted octanol–water partition coefficient (Wildman–Crippen LogP) is 4.74. The van der Waals surface area contributed by atoms with Crippen molar-refractivity contribution in [2.45, 2.75) is 99.0 Å². The maximum Gasteiger partial charge on any atom is 0.311 e. The predicted molar refractivity (Wildman–Crippen MR) is 104 cm³/mol. The summed E-state index contributed by atoms with van der Waals surface area (Å²) in [5.41, 5.74) is -0.823. The number of carbonyl (C=O) groups is 3. The molecule has 0 heterocycles. The van der Waals surface area contributed by atoms with Crippen LogP contribution in [0.5, 0.6) is 0 Å². The number of carbonyl (C=O) groups excluding carboxylic acids is 2. The fourth-order valence-corrected chi connectivity index (χ4v) is 2.21. The van der Waals surface area contributed by atoms with Crippen molar-refractivity contribution in [2.24, 2.45) is 10.8 Å². The molecule has 27 heavy (non-hydrogen) atoms. The molecule has 0 aromatic rings. The van der Waals surface area contributed by atoms with E-state index in [1.165, 1.54) is 19.3 Å². The van der Waals surface area contributed by atoms with Crippen molar-refractivity contribution in [2.75, 3.05) is 6.61 Å². The molecule has 0 radical (unpaired) electrons. The average Bonchev–Trinajstić information content (AvgIpc) is 2.62. The van der Waals surface area contributed by atoms with Crippen molar-refractivity contribution in [3.05, 3.63) is 0 Å². The smallest absolute Gasteiger partial charge is 0.311 e. The molecular formula is C21H38O6. The Morgan fingerprint density at radius 2 is 1.37 bits per heavy atom. The van der Waals surface area contributed by atoms with Crippen LogP contribution < -0.4 is 0 Å². The van der Waals surface area contributed by atoms with Gasteiger partial charge in [-0.2, -0.15) is 0 Å². The minimum atomic E-state index is -0.956. The Morgan fingerprint density at radius 3 is 1.81 bits per heavy atom. The lowest BCUT2D eigenvalue weighted by atomic mass is 9.90. The van der Waals surface area contributed by atoms with Crippen molar-refractivity contribution < 1.29 is 29.0 Å². The lowest BCUT2D eigenvalue weighted by Crippen LogP contribution is -2.31. The molecule has 0 bridgehead atoms. The Hall–Kier alpha value is -1.59. The van der Waals surface area contributed by atoms with Crippen LogP contribution in [0.25, 0.3) is 0 Å². The molecule has 0 aromatic carbocycles. The van der Waals surface area contributed by atoms with Gasteiger partial charge in [0.15, 0.2) is 0 Å². The van der Waals surface area contributed by atoms with Gasteiger partial charge in [-0.1, -0.05) is 20.3 Å². The highest BCUT2D eigenvalue weighted by Gasteiger charge is 2.30. The Kier molecular flexibility index (Phi) is 11.3. The first-order chi connectivity index (χ1) is 12.5. The fourth-order valence-electron chi connectivity index (χ4n) is 2.21. The van der Waals surface area contributed by atoms with Crippen LogP contribution in [0.3, 0.4) is 0 Å². The van der Waals surface area contributed by atoms with Gasteiger partial charge in [-0.05, 0) is 66.2 Å². The second kappa shape index (κ2) is 12.0. The Bertz CT molecular complexity index is 475. The van der Waals surface area contributed by atoms with Gasteiger partial charge < -0.3 is 14.6 Å². The molecule has 1 N–H and O–H groups in total. The van der Waals surface area contributed by atoms with Crippen LogP contribution in [0, 0.1) is 10.8 Å². The molecule has 0 aromatic heterocycles. The first-order valence-electron chi connectivity index (χ1n) is 10.1. The van der Waals surface area contributed by atoms with Gasteiger partial charge in [-0.15, -0.1) is 0 Å². The number of aliphatic carboxylic acids is 1. The molecule has 158 valence electrons. The summed E-state index contributed by atoms with van der Waals surface area (Å²) in [5.74, 6) is -1.31. The number of hydrogen-bond acceptors (Lipinski definition) is 5. The number of rotatable bonds is 8. The Labute approximate surface area is 164 Å². The summed E-state index contributed by atoms with van der Waals surface area (Å²) in [6.07, 6.45) is 7.43. The van der Waals surface area contributed by atoms with Crippen molar-refractivity contribution in [3.8, 4) is 0 Å². The Balaban J connectivity index is 0.000000503. The van der Waals surface area contributed by atoms with Crippen LogP contribution in [0.15, 0.2) is 0 Å². The first kappa shape index (κ1) is 25.4. The van der Waals surface area contributed by atoms with Crippen LogP contribution in [0.1, 0.15) is 92.9 Å². The topological polar surface area (TPSA) is 89.9 Å². The normalized spacial score (nSPS) is 15.3. The van der Waals surface area contributed by atoms with E-state index in [2.05, 4.69) is 0 Å². The zero-order chi connectivity index (χ0) is 21.1. The van der Waals surface area contributed by atoms with Gasteiger partial charge >= 0.3 is 17.9 Å². The summed E-state index contributed by atoms with van der Waals surface area (Å²) in [7, 11) is 0. The van der Waals surface area contributed by atoms with Crippen molar-refractivity contribution >= 4 is 17.9 Å². The SMILES string of the molecule is CCC(C)(C)C(=O)OC1CCCCC1.CCC(C)(C)C(=O)OCCC(=O)O. The minimum Gasteiger partial charge on any atom is -0.481 e. The highest BCUT2D eigenvalue weighted by molar-refractivity contribution is 5.76. The fraction of sp³-hybridized carbons (Fsp3) is 0.857. The van der Waals surface area contributed by atoms with Gasteiger partial charge in [0, 0.05) is 0 Å². The number of carboxylic acids is 1. The van der Waals surface area contributed by atoms with E-state index < -0.39 is 11.4 Å². The van der Waals surface area contributed by atoms with E-state index in [1.54, 1.807) is 13.8 Å². The summed E-state index contributed by atoms with van der Waals surface area (Å²) < 4.78 is 10.3. The van der Waals surface area contributed by atoms with E-state index >= 15 is 0 Å². The number of hydrogen-bond donors (Lipinski definition) is 1. The zero-order valence-corrected chi connectivity index (χ0v) is 17.9. The van der Waals surface area contributed by atoms with Crippen LogP contribution in [0.2, 0.25) is 0 Å². The maximum absolute atomic E-state index is 11.7. The molecule has 1 aliphatic carbocycles. The van der Waals surface area contributed by atoms with Gasteiger partial charge in [0.1, 0.15) is 12.7 Å². The minimum absolute atomic E-state index is 0.0214. The molecule has 0 spiro atoms. The maximum atomic E-state index is 11.7. The lowest BCUT2D eigenvalue weighted by Gasteiger charge is -2.27. The van der Waals surface area contributed by atoms with Gasteiger partial charge in [0.05, 0.1) is 17.3 Å². The van der Waals surface area contributed by atoms with Crippen molar-refractivity contribution in [3.63, 3.8) is 0 Å². The molecule has 0 unspecified atom stereocenters. The van der Waals surface area contributed by atoms with Crippen molar-refractivity contribution in [1.82, 2.24) is 0 Å². The number of esters is 2. The number of carboxylic acid groups (broad SMARTS) is 1. The standard InChI is InChI=1S/C12H22O2.C9H16O4/c1-4-12(2,3)11(13)14-10-8-6-5-7-9-10;1-4-9(2,3)8(12)13-6-5-7(10)11/h10H,4-9H2,1-3H3;4-6H2,1-3H3,(H,10,11). The van der Waals surface area contributed by atoms with Crippen LogP contribution in [-0.4, -0.2) is 35.7 Å². The molecule has 6 nitrogen and oxygen atoms in total. The van der Waals surface area contributed by atoms with E-state index in [-0.39, 0.29) is 36.5 Å². The summed E-state index contributed by atoms with van der Waals surface area (Å²) in [4.78, 5) is 33.1. The monoisotopic (exact) mass is 386 g/mol. The van der Waals surface area contributed by atoms with E-state index in [1.807, 2.05) is 27.7 Å². The molecule has 0 amide bonds. The summed E-state index contributed by atoms with van der Waals surface area (Å²) in [5, 5.41) is 8.30. The summed E-state index contributed by atoms with van der Waals surface area (Å²) in [6, 6.07) is 0. The third-order valence-electron chi connectivity index (χ3n) is 5.25. The van der Waals surface area contributed by atoms with Crippen LogP contribution in [0.4, 0.5) is 0 Å². The van der Waals surface area contributed by atoms with Crippen LogP contribution >= 0.6 is 0 Å². The zero-order valence-electron chi connectivity index (χ0n) is 17.9. The molecule has 1 saturated carbocycles. The molecule has 0 saturated heterocycles. The second-order valence-corrected chi connectivity index (χ2v) is 8.42. The second-order valence-electron chi connectivity index (χ2n) is 8.42. The van der Waals surface area contributed by atoms with E-state index in [9.17, 15) is 14.4 Å².